The van der Waals surface area contributed by atoms with Crippen molar-refractivity contribution in [1.82, 2.24) is 15.5 Å². The van der Waals surface area contributed by atoms with Crippen LogP contribution in [0.15, 0.2) is 24.4 Å². The number of hydrogen-bond acceptors (Lipinski definition) is 7. The van der Waals surface area contributed by atoms with Gasteiger partial charge in [-0.15, -0.1) is 0 Å². The third-order valence-corrected chi connectivity index (χ3v) is 7.81. The topological polar surface area (TPSA) is 168 Å². The Labute approximate surface area is 257 Å². The van der Waals surface area contributed by atoms with Crippen LogP contribution in [0.4, 0.5) is 0 Å². The van der Waals surface area contributed by atoms with Gasteiger partial charge in [0.15, 0.2) is 12.1 Å². The molecule has 0 aromatic carbocycles. The van der Waals surface area contributed by atoms with Crippen LogP contribution >= 0.6 is 0 Å². The number of likely N-dealkylation sites (N-methyl/N-ethyl adjacent to an activating group) is 1. The van der Waals surface area contributed by atoms with Gasteiger partial charge in [0.1, 0.15) is 6.10 Å². The number of carbonyl (C=O) groups excluding carboxylic acids is 5. The van der Waals surface area contributed by atoms with Gasteiger partial charge >= 0.3 is 5.97 Å². The lowest BCUT2D eigenvalue weighted by Gasteiger charge is -2.31. The number of nitrogens with zero attached hydrogens (tertiary/aromatic N) is 1. The second-order valence-corrected chi connectivity index (χ2v) is 12.3. The number of allylic oxidation sites excluding steroid dienone is 1. The molecule has 5 atom stereocenters. The molecular weight excluding hydrogens is 552 g/mol. The minimum Gasteiger partial charge on any atom is -0.460 e. The first-order valence-electron chi connectivity index (χ1n) is 15.6. The van der Waals surface area contributed by atoms with Gasteiger partial charge in [0.05, 0.1) is 12.5 Å². The summed E-state index contributed by atoms with van der Waals surface area (Å²) < 4.78 is 5.73. The van der Waals surface area contributed by atoms with E-state index in [9.17, 15) is 29.1 Å². The van der Waals surface area contributed by atoms with Crippen LogP contribution in [0.2, 0.25) is 0 Å². The van der Waals surface area contributed by atoms with Gasteiger partial charge in [-0.05, 0) is 24.3 Å². The zero-order chi connectivity index (χ0) is 32.5. The van der Waals surface area contributed by atoms with Crippen molar-refractivity contribution in [1.29, 1.82) is 0 Å². The molecule has 0 saturated heterocycles. The van der Waals surface area contributed by atoms with E-state index in [0.29, 0.717) is 6.42 Å². The molecule has 1 aliphatic heterocycles. The fourth-order valence-electron chi connectivity index (χ4n) is 5.04. The molecule has 1 heterocycles. The van der Waals surface area contributed by atoms with Crippen LogP contribution in [-0.4, -0.2) is 71.4 Å². The Kier molecular flexibility index (Phi) is 17.5. The Hall–Kier alpha value is -3.21. The summed E-state index contributed by atoms with van der Waals surface area (Å²) in [5.74, 6) is -4.58. The zero-order valence-corrected chi connectivity index (χ0v) is 26.7. The molecule has 0 spiro atoms. The Balaban J connectivity index is 2.91. The van der Waals surface area contributed by atoms with E-state index in [0.717, 1.165) is 42.6 Å². The standard InChI is InChI=1S/C32H54N4O7/c1-21(2)16-14-12-10-8-7-9-11-13-15-17-22(3)29-24(5)31(41)34-23(4)18-19-26(38)36(6)20-25(37)35-27(32(42)43-29)28(39)30(33)40/h18-19,21-22,24,27-29,39H,4,7-17,20H2,1-3,5-6H3,(H2,33,40)(H,34,41)(H,35,37)/b19-18+/t22-,24+,27+,28+,29?/m1/s1. The average molecular weight is 607 g/mol. The first-order chi connectivity index (χ1) is 20.2. The molecule has 244 valence electrons. The van der Waals surface area contributed by atoms with Crippen LogP contribution in [0.25, 0.3) is 0 Å². The number of nitrogens with one attached hydrogen (secondary N) is 2. The largest absolute Gasteiger partial charge is 0.460 e. The second-order valence-electron chi connectivity index (χ2n) is 12.3. The fourth-order valence-corrected chi connectivity index (χ4v) is 5.04. The lowest BCUT2D eigenvalue weighted by molar-refractivity contribution is -0.165. The van der Waals surface area contributed by atoms with E-state index in [4.69, 9.17) is 10.5 Å². The van der Waals surface area contributed by atoms with Gasteiger partial charge in [-0.2, -0.15) is 0 Å². The Morgan fingerprint density at radius 1 is 1.00 bits per heavy atom. The fraction of sp³-hybridized carbons (Fsp3) is 0.719. The third kappa shape index (κ3) is 14.7. The molecule has 1 aliphatic rings. The second kappa shape index (κ2) is 19.9. The normalized spacial score (nSPS) is 23.1. The number of aliphatic hydroxyl groups is 1. The number of rotatable bonds is 15. The quantitative estimate of drug-likeness (QED) is 0.164. The predicted octanol–water partition coefficient (Wildman–Crippen LogP) is 3.11. The van der Waals surface area contributed by atoms with Crippen molar-refractivity contribution in [2.24, 2.45) is 23.5 Å². The van der Waals surface area contributed by atoms with Crippen LogP contribution in [0.3, 0.4) is 0 Å². The minimum atomic E-state index is -2.08. The Bertz CT molecular complexity index is 981. The molecule has 11 nitrogen and oxygen atoms in total. The summed E-state index contributed by atoms with van der Waals surface area (Å²) in [5.41, 5.74) is 5.38. The van der Waals surface area contributed by atoms with Crippen molar-refractivity contribution in [2.45, 2.75) is 117 Å². The lowest BCUT2D eigenvalue weighted by atomic mass is 9.88. The van der Waals surface area contributed by atoms with Gasteiger partial charge in [-0.1, -0.05) is 98.5 Å². The van der Waals surface area contributed by atoms with Gasteiger partial charge < -0.3 is 31.1 Å². The smallest absolute Gasteiger partial charge is 0.332 e. The average Bonchev–Trinajstić information content (AvgIpc) is 2.94. The van der Waals surface area contributed by atoms with Crippen LogP contribution in [0.1, 0.15) is 98.3 Å². The van der Waals surface area contributed by atoms with E-state index in [2.05, 4.69) is 31.1 Å². The molecule has 1 rings (SSSR count). The first kappa shape index (κ1) is 37.8. The van der Waals surface area contributed by atoms with Gasteiger partial charge in [-0.3, -0.25) is 19.2 Å². The monoisotopic (exact) mass is 606 g/mol. The summed E-state index contributed by atoms with van der Waals surface area (Å²) in [6, 6.07) is -1.82. The van der Waals surface area contributed by atoms with Gasteiger partial charge in [0.2, 0.25) is 23.6 Å². The molecule has 1 unspecified atom stereocenters. The summed E-state index contributed by atoms with van der Waals surface area (Å²) in [6.07, 6.45) is 11.9. The number of cyclic esters (lactones) is 1. The SMILES string of the molecule is C=C1/C=C/C(=O)N(C)CC(=O)N[C@@H]([C@H](O)C(N)=O)C(=O)OC([C@H](C)CCCCCCCCCCCC(C)C)[C@H](C)C(=O)N1. The number of nitrogens with two attached hydrogens (primary N) is 1. The highest BCUT2D eigenvalue weighted by molar-refractivity contribution is 5.95. The molecule has 4 amide bonds. The van der Waals surface area contributed by atoms with E-state index in [-0.39, 0.29) is 11.6 Å². The van der Waals surface area contributed by atoms with Crippen molar-refractivity contribution in [3.63, 3.8) is 0 Å². The molecular formula is C32H54N4O7. The zero-order valence-electron chi connectivity index (χ0n) is 26.7. The number of carbonyl (C=O) groups is 5. The van der Waals surface area contributed by atoms with E-state index in [1.807, 2.05) is 6.92 Å². The predicted molar refractivity (Wildman–Crippen MR) is 165 cm³/mol. The first-order valence-corrected chi connectivity index (χ1v) is 15.6. The molecule has 0 fully saturated rings. The maximum Gasteiger partial charge on any atom is 0.332 e. The number of unbranched alkanes of at least 4 members (excludes halogenated alkanes) is 8. The number of ether oxygens (including phenoxy) is 1. The van der Waals surface area contributed by atoms with E-state index >= 15 is 0 Å². The molecule has 0 aromatic heterocycles. The van der Waals surface area contributed by atoms with Crippen LogP contribution in [0.5, 0.6) is 0 Å². The molecule has 0 radical (unpaired) electrons. The van der Waals surface area contributed by atoms with Crippen molar-refractivity contribution in [3.05, 3.63) is 24.4 Å². The van der Waals surface area contributed by atoms with Crippen LogP contribution < -0.4 is 16.4 Å². The summed E-state index contributed by atoms with van der Waals surface area (Å²) in [5, 5.41) is 15.2. The van der Waals surface area contributed by atoms with Crippen molar-refractivity contribution >= 4 is 29.6 Å². The van der Waals surface area contributed by atoms with Crippen molar-refractivity contribution < 1.29 is 33.8 Å². The minimum absolute atomic E-state index is 0.151. The van der Waals surface area contributed by atoms with Crippen molar-refractivity contribution in [2.75, 3.05) is 13.6 Å². The number of esters is 1. The summed E-state index contributed by atoms with van der Waals surface area (Å²) in [4.78, 5) is 64.1. The number of hydrogen-bond donors (Lipinski definition) is 4. The van der Waals surface area contributed by atoms with E-state index < -0.39 is 60.3 Å². The maximum absolute atomic E-state index is 13.2. The van der Waals surface area contributed by atoms with Gasteiger partial charge in [0.25, 0.3) is 0 Å². The third-order valence-electron chi connectivity index (χ3n) is 7.81. The molecule has 43 heavy (non-hydrogen) atoms. The molecule has 11 heteroatoms. The highest BCUT2D eigenvalue weighted by Crippen LogP contribution is 2.25. The molecule has 0 aliphatic carbocycles. The summed E-state index contributed by atoms with van der Waals surface area (Å²) in [6.45, 7) is 11.3. The molecule has 5 N–H and O–H groups in total. The highest BCUT2D eigenvalue weighted by Gasteiger charge is 2.39. The highest BCUT2D eigenvalue weighted by atomic mass is 16.5. The van der Waals surface area contributed by atoms with E-state index in [1.54, 1.807) is 6.92 Å². The molecule has 0 saturated carbocycles. The van der Waals surface area contributed by atoms with Gasteiger partial charge in [0, 0.05) is 18.8 Å². The lowest BCUT2D eigenvalue weighted by Crippen LogP contribution is -2.57. The Morgan fingerprint density at radius 3 is 2.07 bits per heavy atom. The Morgan fingerprint density at radius 2 is 1.53 bits per heavy atom. The maximum atomic E-state index is 13.2. The van der Waals surface area contributed by atoms with Crippen LogP contribution in [0, 0.1) is 17.8 Å². The number of primary amides is 1. The summed E-state index contributed by atoms with van der Waals surface area (Å²) in [7, 11) is 1.35. The van der Waals surface area contributed by atoms with Crippen molar-refractivity contribution in [3.8, 4) is 0 Å². The van der Waals surface area contributed by atoms with Crippen LogP contribution in [-0.2, 0) is 28.7 Å². The molecule has 0 aromatic rings. The summed E-state index contributed by atoms with van der Waals surface area (Å²) >= 11 is 0. The molecule has 0 bridgehead atoms. The number of aliphatic hydroxyl groups excluding tert-OH is 1. The van der Waals surface area contributed by atoms with E-state index in [1.165, 1.54) is 51.6 Å². The van der Waals surface area contributed by atoms with Gasteiger partial charge in [-0.25, -0.2) is 4.79 Å². The number of amides is 4.